The van der Waals surface area contributed by atoms with Crippen LogP contribution in [0, 0.1) is 25.7 Å². The zero-order valence-electron chi connectivity index (χ0n) is 26.8. The summed E-state index contributed by atoms with van der Waals surface area (Å²) < 4.78 is 5.52. The Bertz CT molecular complexity index is 975. The standard InChI is InChI=1S/C32H55N3O4/c1-14-22(5)26(33-30(38)39-32(11,12)13)29(37)35(24(7)17-15-20(2)3)27(28(36)34-31(8,9)10)25-18-16-21(4)19-23(25)6/h16,18-20,22,24,26-27H,14-15,17H2,1-13H3,(H,33,38)(H,34,36). The molecule has 0 aromatic heterocycles. The van der Waals surface area contributed by atoms with Crippen molar-refractivity contribution in [1.82, 2.24) is 15.5 Å². The molecule has 0 bridgehead atoms. The number of hydrogen-bond donors (Lipinski definition) is 2. The van der Waals surface area contributed by atoms with Crippen molar-refractivity contribution in [1.29, 1.82) is 0 Å². The van der Waals surface area contributed by atoms with E-state index in [1.165, 1.54) is 0 Å². The summed E-state index contributed by atoms with van der Waals surface area (Å²) in [5, 5.41) is 5.98. The van der Waals surface area contributed by atoms with E-state index in [0.29, 0.717) is 12.3 Å². The van der Waals surface area contributed by atoms with Crippen LogP contribution in [0.15, 0.2) is 18.2 Å². The molecule has 0 aliphatic heterocycles. The molecule has 4 unspecified atom stereocenters. The van der Waals surface area contributed by atoms with Crippen molar-refractivity contribution in [2.24, 2.45) is 11.8 Å². The van der Waals surface area contributed by atoms with E-state index in [-0.39, 0.29) is 23.8 Å². The predicted molar refractivity (Wildman–Crippen MR) is 160 cm³/mol. The highest BCUT2D eigenvalue weighted by Crippen LogP contribution is 2.31. The van der Waals surface area contributed by atoms with E-state index in [1.54, 1.807) is 25.7 Å². The monoisotopic (exact) mass is 545 g/mol. The molecule has 0 aliphatic rings. The molecule has 0 spiro atoms. The molecular formula is C32H55N3O4. The van der Waals surface area contributed by atoms with Crippen LogP contribution in [0.4, 0.5) is 4.79 Å². The fraction of sp³-hybridized carbons (Fsp3) is 0.719. The quantitative estimate of drug-likeness (QED) is 0.318. The van der Waals surface area contributed by atoms with Crippen LogP contribution in [0.1, 0.15) is 118 Å². The maximum atomic E-state index is 14.6. The van der Waals surface area contributed by atoms with Crippen LogP contribution < -0.4 is 10.6 Å². The largest absolute Gasteiger partial charge is 0.444 e. The zero-order chi connectivity index (χ0) is 30.3. The van der Waals surface area contributed by atoms with Gasteiger partial charge in [-0.15, -0.1) is 0 Å². The van der Waals surface area contributed by atoms with Crippen LogP contribution in [0.2, 0.25) is 0 Å². The molecule has 0 radical (unpaired) electrons. The highest BCUT2D eigenvalue weighted by molar-refractivity contribution is 5.93. The fourth-order valence-corrected chi connectivity index (χ4v) is 4.58. The zero-order valence-corrected chi connectivity index (χ0v) is 26.8. The predicted octanol–water partition coefficient (Wildman–Crippen LogP) is 6.85. The minimum atomic E-state index is -0.855. The van der Waals surface area contributed by atoms with Gasteiger partial charge in [-0.25, -0.2) is 4.79 Å². The Balaban J connectivity index is 3.76. The maximum absolute atomic E-state index is 14.6. The maximum Gasteiger partial charge on any atom is 0.408 e. The van der Waals surface area contributed by atoms with Crippen molar-refractivity contribution in [3.63, 3.8) is 0 Å². The Labute approximate surface area is 237 Å². The lowest BCUT2D eigenvalue weighted by atomic mass is 9.91. The molecule has 7 heteroatoms. The molecular weight excluding hydrogens is 490 g/mol. The van der Waals surface area contributed by atoms with Crippen LogP contribution in [-0.4, -0.2) is 46.0 Å². The van der Waals surface area contributed by atoms with E-state index in [0.717, 1.165) is 29.5 Å². The van der Waals surface area contributed by atoms with E-state index < -0.39 is 29.3 Å². The summed E-state index contributed by atoms with van der Waals surface area (Å²) in [6.45, 7) is 25.4. The van der Waals surface area contributed by atoms with Crippen LogP contribution in [-0.2, 0) is 14.3 Å². The molecule has 4 atom stereocenters. The Morgan fingerprint density at radius 1 is 0.949 bits per heavy atom. The third-order valence-corrected chi connectivity index (χ3v) is 6.79. The molecule has 0 aliphatic carbocycles. The summed E-state index contributed by atoms with van der Waals surface area (Å²) in [6.07, 6.45) is 1.66. The molecule has 0 saturated carbocycles. The normalized spacial score (nSPS) is 15.2. The lowest BCUT2D eigenvalue weighted by molar-refractivity contribution is -0.146. The van der Waals surface area contributed by atoms with Crippen molar-refractivity contribution >= 4 is 17.9 Å². The lowest BCUT2D eigenvalue weighted by Gasteiger charge is -2.41. The minimum absolute atomic E-state index is 0.171. The first kappa shape index (κ1) is 34.5. The lowest BCUT2D eigenvalue weighted by Crippen LogP contribution is -2.58. The van der Waals surface area contributed by atoms with Gasteiger partial charge in [-0.1, -0.05) is 57.9 Å². The van der Waals surface area contributed by atoms with Crippen LogP contribution in [0.25, 0.3) is 0 Å². The van der Waals surface area contributed by atoms with Crippen molar-refractivity contribution < 1.29 is 19.1 Å². The van der Waals surface area contributed by atoms with Crippen LogP contribution in [0.5, 0.6) is 0 Å². The number of aryl methyl sites for hydroxylation is 2. The number of carbonyl (C=O) groups excluding carboxylic acids is 3. The van der Waals surface area contributed by atoms with Gasteiger partial charge in [0, 0.05) is 11.6 Å². The highest BCUT2D eigenvalue weighted by atomic mass is 16.6. The van der Waals surface area contributed by atoms with Gasteiger partial charge < -0.3 is 20.3 Å². The minimum Gasteiger partial charge on any atom is -0.444 e. The number of rotatable bonds is 11. The Hall–Kier alpha value is -2.57. The second-order valence-electron chi connectivity index (χ2n) is 13.6. The number of ether oxygens (including phenoxy) is 1. The average Bonchev–Trinajstić information content (AvgIpc) is 2.76. The van der Waals surface area contributed by atoms with Crippen LogP contribution in [0.3, 0.4) is 0 Å². The van der Waals surface area contributed by atoms with Gasteiger partial charge >= 0.3 is 6.09 Å². The Kier molecular flexibility index (Phi) is 12.5. The average molecular weight is 546 g/mol. The van der Waals surface area contributed by atoms with E-state index >= 15 is 0 Å². The summed E-state index contributed by atoms with van der Waals surface area (Å²) in [5.74, 6) is -0.243. The van der Waals surface area contributed by atoms with Gasteiger partial charge in [0.15, 0.2) is 0 Å². The van der Waals surface area contributed by atoms with E-state index in [2.05, 4.69) is 24.5 Å². The van der Waals surface area contributed by atoms with Crippen molar-refractivity contribution in [3.8, 4) is 0 Å². The summed E-state index contributed by atoms with van der Waals surface area (Å²) >= 11 is 0. The Morgan fingerprint density at radius 3 is 2.00 bits per heavy atom. The Morgan fingerprint density at radius 2 is 1.54 bits per heavy atom. The van der Waals surface area contributed by atoms with Gasteiger partial charge in [-0.3, -0.25) is 9.59 Å². The number of hydrogen-bond acceptors (Lipinski definition) is 4. The molecule has 1 aromatic carbocycles. The number of benzene rings is 1. The molecule has 0 saturated heterocycles. The molecule has 7 nitrogen and oxygen atoms in total. The third kappa shape index (κ3) is 11.2. The number of carbonyl (C=O) groups is 3. The topological polar surface area (TPSA) is 87.7 Å². The van der Waals surface area contributed by atoms with Gasteiger partial charge in [-0.05, 0) is 98.1 Å². The van der Waals surface area contributed by atoms with Crippen molar-refractivity contribution in [3.05, 3.63) is 34.9 Å². The van der Waals surface area contributed by atoms with Crippen LogP contribution >= 0.6 is 0 Å². The van der Waals surface area contributed by atoms with Gasteiger partial charge in [0.25, 0.3) is 0 Å². The first-order valence-corrected chi connectivity index (χ1v) is 14.5. The highest BCUT2D eigenvalue weighted by Gasteiger charge is 2.41. The van der Waals surface area contributed by atoms with Gasteiger partial charge in [-0.2, -0.15) is 0 Å². The number of nitrogens with zero attached hydrogens (tertiary/aromatic N) is 1. The van der Waals surface area contributed by atoms with Gasteiger partial charge in [0.2, 0.25) is 11.8 Å². The second kappa shape index (κ2) is 14.2. The molecule has 0 heterocycles. The summed E-state index contributed by atoms with van der Waals surface area (Å²) in [6, 6.07) is 4.02. The van der Waals surface area contributed by atoms with Crippen molar-refractivity contribution in [2.75, 3.05) is 0 Å². The second-order valence-corrected chi connectivity index (χ2v) is 13.6. The van der Waals surface area contributed by atoms with E-state index in [9.17, 15) is 14.4 Å². The summed E-state index contributed by atoms with van der Waals surface area (Å²) in [7, 11) is 0. The van der Waals surface area contributed by atoms with Gasteiger partial charge in [0.1, 0.15) is 17.7 Å². The number of nitrogens with one attached hydrogen (secondary N) is 2. The number of alkyl carbamates (subject to hydrolysis) is 1. The smallest absolute Gasteiger partial charge is 0.408 e. The molecule has 1 aromatic rings. The summed E-state index contributed by atoms with van der Waals surface area (Å²) in [5.41, 5.74) is 1.62. The van der Waals surface area contributed by atoms with Crippen molar-refractivity contribution in [2.45, 2.75) is 139 Å². The SMILES string of the molecule is CCC(C)C(NC(=O)OC(C)(C)C)C(=O)N(C(C)CCC(C)C)C(C(=O)NC(C)(C)C)c1ccc(C)cc1C. The van der Waals surface area contributed by atoms with Gasteiger partial charge in [0.05, 0.1) is 0 Å². The third-order valence-electron chi connectivity index (χ3n) is 6.79. The fourth-order valence-electron chi connectivity index (χ4n) is 4.58. The molecule has 1 rings (SSSR count). The molecule has 222 valence electrons. The first-order chi connectivity index (χ1) is 17.8. The van der Waals surface area contributed by atoms with E-state index in [1.807, 2.05) is 73.6 Å². The first-order valence-electron chi connectivity index (χ1n) is 14.5. The molecule has 3 amide bonds. The molecule has 2 N–H and O–H groups in total. The van der Waals surface area contributed by atoms with E-state index in [4.69, 9.17) is 4.74 Å². The molecule has 39 heavy (non-hydrogen) atoms. The molecule has 0 fully saturated rings. The number of amides is 3. The summed E-state index contributed by atoms with van der Waals surface area (Å²) in [4.78, 5) is 43.2.